The Balaban J connectivity index is 2.01. The van der Waals surface area contributed by atoms with Crippen molar-refractivity contribution in [2.24, 2.45) is 0 Å². The SMILES string of the molecule is C=CC/C=C\C=C1/CC(=C)C(=O)C1(c1ccc(OCCO)cc1)c1ccc(OCCOCCC)cc1. The van der Waals surface area contributed by atoms with Gasteiger partial charge < -0.3 is 19.3 Å². The summed E-state index contributed by atoms with van der Waals surface area (Å²) in [5.74, 6) is 1.34. The molecule has 190 valence electrons. The van der Waals surface area contributed by atoms with Crippen LogP contribution in [0.4, 0.5) is 0 Å². The average Bonchev–Trinajstić information content (AvgIpc) is 3.16. The minimum Gasteiger partial charge on any atom is -0.491 e. The zero-order valence-electron chi connectivity index (χ0n) is 21.1. The van der Waals surface area contributed by atoms with Crippen molar-refractivity contribution in [2.75, 3.05) is 33.0 Å². The van der Waals surface area contributed by atoms with Gasteiger partial charge in [0.25, 0.3) is 0 Å². The number of allylic oxidation sites excluding steroid dienone is 6. The quantitative estimate of drug-likeness (QED) is 0.209. The number of rotatable bonds is 14. The molecule has 1 saturated carbocycles. The highest BCUT2D eigenvalue weighted by atomic mass is 16.5. The van der Waals surface area contributed by atoms with E-state index in [1.165, 1.54) is 0 Å². The van der Waals surface area contributed by atoms with E-state index in [-0.39, 0.29) is 19.0 Å². The van der Waals surface area contributed by atoms with Crippen molar-refractivity contribution in [2.45, 2.75) is 31.6 Å². The molecule has 0 spiro atoms. The highest BCUT2D eigenvalue weighted by molar-refractivity contribution is 6.12. The van der Waals surface area contributed by atoms with Gasteiger partial charge in [-0.3, -0.25) is 4.79 Å². The molecule has 0 amide bonds. The molecule has 1 atom stereocenters. The van der Waals surface area contributed by atoms with Crippen LogP contribution in [0.2, 0.25) is 0 Å². The maximum Gasteiger partial charge on any atom is 0.177 e. The second-order valence-electron chi connectivity index (χ2n) is 8.59. The number of Topliss-reactive ketones (excluding diaryl/α,β-unsaturated/α-hetero) is 1. The molecule has 0 bridgehead atoms. The third-order valence-corrected chi connectivity index (χ3v) is 6.06. The number of aliphatic hydroxyl groups excluding tert-OH is 1. The Morgan fingerprint density at radius 1 is 0.944 bits per heavy atom. The van der Waals surface area contributed by atoms with Crippen LogP contribution in [0.15, 0.2) is 97.1 Å². The van der Waals surface area contributed by atoms with Crippen LogP contribution in [0.5, 0.6) is 11.5 Å². The van der Waals surface area contributed by atoms with E-state index in [2.05, 4.69) is 20.1 Å². The number of hydrogen-bond donors (Lipinski definition) is 1. The van der Waals surface area contributed by atoms with E-state index in [0.29, 0.717) is 31.0 Å². The fourth-order valence-corrected chi connectivity index (χ4v) is 4.43. The van der Waals surface area contributed by atoms with Crippen molar-refractivity contribution >= 4 is 5.78 Å². The van der Waals surface area contributed by atoms with Gasteiger partial charge in [0.2, 0.25) is 0 Å². The van der Waals surface area contributed by atoms with Gasteiger partial charge >= 0.3 is 0 Å². The second-order valence-corrected chi connectivity index (χ2v) is 8.59. The van der Waals surface area contributed by atoms with Crippen molar-refractivity contribution in [3.05, 3.63) is 108 Å². The average molecular weight is 489 g/mol. The minimum atomic E-state index is -0.992. The van der Waals surface area contributed by atoms with E-state index in [0.717, 1.165) is 41.9 Å². The molecule has 0 aromatic heterocycles. The summed E-state index contributed by atoms with van der Waals surface area (Å²) in [6.45, 7) is 11.8. The van der Waals surface area contributed by atoms with E-state index >= 15 is 0 Å². The number of carbonyl (C=O) groups excluding carboxylic acids is 1. The first-order valence-corrected chi connectivity index (χ1v) is 12.4. The predicted molar refractivity (Wildman–Crippen MR) is 144 cm³/mol. The van der Waals surface area contributed by atoms with Gasteiger partial charge in [0.1, 0.15) is 30.1 Å². The first-order valence-electron chi connectivity index (χ1n) is 12.4. The van der Waals surface area contributed by atoms with Gasteiger partial charge in [-0.2, -0.15) is 0 Å². The van der Waals surface area contributed by atoms with Crippen LogP contribution in [0.25, 0.3) is 0 Å². The number of ether oxygens (including phenoxy) is 3. The zero-order chi connectivity index (χ0) is 25.8. The number of aliphatic hydroxyl groups is 1. The van der Waals surface area contributed by atoms with Crippen LogP contribution in [0.3, 0.4) is 0 Å². The molecule has 2 aromatic rings. The van der Waals surface area contributed by atoms with Gasteiger partial charge in [0.05, 0.1) is 13.2 Å². The summed E-state index contributed by atoms with van der Waals surface area (Å²) in [5, 5.41) is 9.06. The maximum atomic E-state index is 13.8. The summed E-state index contributed by atoms with van der Waals surface area (Å²) in [4.78, 5) is 13.8. The third-order valence-electron chi connectivity index (χ3n) is 6.06. The summed E-state index contributed by atoms with van der Waals surface area (Å²) in [6, 6.07) is 15.2. The summed E-state index contributed by atoms with van der Waals surface area (Å²) < 4.78 is 16.9. The second kappa shape index (κ2) is 13.6. The number of hydrogen-bond acceptors (Lipinski definition) is 5. The third kappa shape index (κ3) is 6.23. The maximum absolute atomic E-state index is 13.8. The predicted octanol–water partition coefficient (Wildman–Crippen LogP) is 5.74. The number of benzene rings is 2. The summed E-state index contributed by atoms with van der Waals surface area (Å²) in [6.07, 6.45) is 10.1. The lowest BCUT2D eigenvalue weighted by Gasteiger charge is -2.31. The smallest absolute Gasteiger partial charge is 0.177 e. The molecule has 1 N–H and O–H groups in total. The van der Waals surface area contributed by atoms with Crippen molar-refractivity contribution in [3.8, 4) is 11.5 Å². The lowest BCUT2D eigenvalue weighted by atomic mass is 9.69. The molecule has 36 heavy (non-hydrogen) atoms. The molecule has 0 aliphatic heterocycles. The largest absolute Gasteiger partial charge is 0.491 e. The Morgan fingerprint density at radius 3 is 2.11 bits per heavy atom. The molecular weight excluding hydrogens is 452 g/mol. The van der Waals surface area contributed by atoms with Crippen molar-refractivity contribution in [3.63, 3.8) is 0 Å². The zero-order valence-corrected chi connectivity index (χ0v) is 21.1. The van der Waals surface area contributed by atoms with E-state index < -0.39 is 5.41 Å². The van der Waals surface area contributed by atoms with E-state index in [1.807, 2.05) is 72.8 Å². The standard InChI is InChI=1S/C31H36O5/c1-4-6-7-8-9-27-23-24(3)30(33)31(27,25-10-14-28(15-11-25)35-20-18-32)26-12-16-29(17-13-26)36-22-21-34-19-5-2/h4,7-17,32H,1,3,5-6,18-23H2,2H3/b8-7-,27-9+. The molecule has 0 heterocycles. The Labute approximate surface area is 214 Å². The molecule has 1 aliphatic carbocycles. The van der Waals surface area contributed by atoms with Gasteiger partial charge in [0, 0.05) is 6.61 Å². The Morgan fingerprint density at radius 2 is 1.56 bits per heavy atom. The highest BCUT2D eigenvalue weighted by Crippen LogP contribution is 2.50. The molecule has 1 aliphatic rings. The number of carbonyl (C=O) groups is 1. The van der Waals surface area contributed by atoms with E-state index in [9.17, 15) is 4.79 Å². The van der Waals surface area contributed by atoms with Crippen LogP contribution in [0, 0.1) is 0 Å². The van der Waals surface area contributed by atoms with Gasteiger partial charge in [-0.15, -0.1) is 6.58 Å². The van der Waals surface area contributed by atoms with Crippen molar-refractivity contribution < 1.29 is 24.1 Å². The lowest BCUT2D eigenvalue weighted by Crippen LogP contribution is -2.34. The van der Waals surface area contributed by atoms with Crippen LogP contribution >= 0.6 is 0 Å². The van der Waals surface area contributed by atoms with Crippen LogP contribution in [0.1, 0.15) is 37.3 Å². The molecule has 5 nitrogen and oxygen atoms in total. The lowest BCUT2D eigenvalue weighted by molar-refractivity contribution is -0.117. The fraction of sp³-hybridized carbons (Fsp3) is 0.323. The molecular formula is C31H36O5. The minimum absolute atomic E-state index is 0.0171. The Hall–Kier alpha value is -3.41. The summed E-state index contributed by atoms with van der Waals surface area (Å²) in [5.41, 5.74) is 2.24. The van der Waals surface area contributed by atoms with Crippen LogP contribution in [-0.2, 0) is 14.9 Å². The van der Waals surface area contributed by atoms with Crippen molar-refractivity contribution in [1.82, 2.24) is 0 Å². The van der Waals surface area contributed by atoms with E-state index in [1.54, 1.807) is 0 Å². The van der Waals surface area contributed by atoms with Gasteiger partial charge in [-0.25, -0.2) is 0 Å². The monoisotopic (exact) mass is 488 g/mol. The molecule has 1 unspecified atom stereocenters. The molecule has 2 aromatic carbocycles. The summed E-state index contributed by atoms with van der Waals surface area (Å²) in [7, 11) is 0. The van der Waals surface area contributed by atoms with Gasteiger partial charge in [0.15, 0.2) is 5.78 Å². The van der Waals surface area contributed by atoms with Crippen LogP contribution in [-0.4, -0.2) is 43.9 Å². The normalized spacial score (nSPS) is 18.8. The Kier molecular flexibility index (Phi) is 10.3. The molecule has 0 radical (unpaired) electrons. The van der Waals surface area contributed by atoms with Crippen molar-refractivity contribution in [1.29, 1.82) is 0 Å². The van der Waals surface area contributed by atoms with Gasteiger partial charge in [-0.1, -0.05) is 62.1 Å². The van der Waals surface area contributed by atoms with Gasteiger partial charge in [-0.05, 0) is 65.8 Å². The molecule has 0 saturated heterocycles. The highest BCUT2D eigenvalue weighted by Gasteiger charge is 2.50. The first-order chi connectivity index (χ1) is 17.6. The fourth-order valence-electron chi connectivity index (χ4n) is 4.43. The van der Waals surface area contributed by atoms with Crippen LogP contribution < -0.4 is 9.47 Å². The van der Waals surface area contributed by atoms with E-state index in [4.69, 9.17) is 19.3 Å². The topological polar surface area (TPSA) is 65.0 Å². The molecule has 1 fully saturated rings. The number of ketones is 1. The molecule has 5 heteroatoms. The molecule has 3 rings (SSSR count). The summed E-state index contributed by atoms with van der Waals surface area (Å²) >= 11 is 0. The first kappa shape index (κ1) is 27.2. The Bertz CT molecular complexity index is 1080.